The third-order valence-electron chi connectivity index (χ3n) is 6.23. The lowest BCUT2D eigenvalue weighted by Gasteiger charge is -2.37. The normalized spacial score (nSPS) is 16.5. The molecule has 38 heavy (non-hydrogen) atoms. The number of benzene rings is 2. The Kier molecular flexibility index (Phi) is 9.27. The van der Waals surface area contributed by atoms with Crippen LogP contribution in [-0.2, 0) is 14.3 Å². The van der Waals surface area contributed by atoms with Gasteiger partial charge in [0.2, 0.25) is 5.91 Å². The quantitative estimate of drug-likeness (QED) is 0.287. The highest BCUT2D eigenvalue weighted by atomic mass is 79.9. The van der Waals surface area contributed by atoms with Crippen molar-refractivity contribution in [1.82, 2.24) is 19.8 Å². The van der Waals surface area contributed by atoms with Gasteiger partial charge in [0.1, 0.15) is 23.9 Å². The summed E-state index contributed by atoms with van der Waals surface area (Å²) in [4.78, 5) is 37.9. The van der Waals surface area contributed by atoms with E-state index in [9.17, 15) is 9.59 Å². The molecule has 0 radical (unpaired) electrons. The second kappa shape index (κ2) is 12.8. The number of fused-ring (bicyclic) bond motifs is 1. The number of methoxy groups -OCH3 is 1. The van der Waals surface area contributed by atoms with Crippen LogP contribution < -0.4 is 15.4 Å². The van der Waals surface area contributed by atoms with E-state index in [2.05, 4.69) is 41.4 Å². The molecule has 0 spiro atoms. The van der Waals surface area contributed by atoms with E-state index in [1.807, 2.05) is 36.2 Å². The summed E-state index contributed by atoms with van der Waals surface area (Å²) in [5, 5.41) is 6.94. The molecule has 0 aliphatic carbocycles. The van der Waals surface area contributed by atoms with E-state index in [1.54, 1.807) is 32.2 Å². The van der Waals surface area contributed by atoms with E-state index in [4.69, 9.17) is 9.47 Å². The van der Waals surface area contributed by atoms with Crippen molar-refractivity contribution in [2.45, 2.75) is 13.0 Å². The number of ether oxygens (including phenoxy) is 2. The SMILES string of the molecule is CCOC(=O)C1CN(C/C=C/C(=O)Nc2cc3c(Nc4cccc(Br)c4)ncnc3cc2OC)CCN1C. The summed E-state index contributed by atoms with van der Waals surface area (Å²) in [5.41, 5.74) is 2.04. The molecule has 2 N–H and O–H groups in total. The predicted molar refractivity (Wildman–Crippen MR) is 151 cm³/mol. The topological polar surface area (TPSA) is 109 Å². The van der Waals surface area contributed by atoms with E-state index in [0.29, 0.717) is 42.5 Å². The molecule has 0 saturated carbocycles. The fourth-order valence-electron chi connectivity index (χ4n) is 4.23. The number of nitrogens with zero attached hydrogens (tertiary/aromatic N) is 4. The van der Waals surface area contributed by atoms with Crippen LogP contribution in [0, 0.1) is 0 Å². The number of piperazine rings is 1. The number of carbonyl (C=O) groups excluding carboxylic acids is 2. The van der Waals surface area contributed by atoms with Gasteiger partial charge >= 0.3 is 5.97 Å². The third-order valence-corrected chi connectivity index (χ3v) is 6.72. The van der Waals surface area contributed by atoms with Crippen molar-refractivity contribution in [3.05, 3.63) is 59.4 Å². The minimum Gasteiger partial charge on any atom is -0.494 e. The molecule has 2 heterocycles. The van der Waals surface area contributed by atoms with Crippen molar-refractivity contribution in [3.8, 4) is 5.75 Å². The number of carbonyl (C=O) groups is 2. The maximum atomic E-state index is 12.8. The summed E-state index contributed by atoms with van der Waals surface area (Å²) >= 11 is 3.48. The third kappa shape index (κ3) is 6.85. The number of esters is 1. The van der Waals surface area contributed by atoms with Gasteiger partial charge in [0.05, 0.1) is 24.9 Å². The summed E-state index contributed by atoms with van der Waals surface area (Å²) in [5.74, 6) is 0.579. The number of nitrogens with one attached hydrogen (secondary N) is 2. The zero-order valence-electron chi connectivity index (χ0n) is 21.6. The molecule has 1 aromatic heterocycles. The number of anilines is 3. The first-order chi connectivity index (χ1) is 18.4. The molecule has 4 rings (SSSR count). The maximum absolute atomic E-state index is 12.8. The maximum Gasteiger partial charge on any atom is 0.324 e. The molecule has 1 fully saturated rings. The Balaban J connectivity index is 1.45. The fraction of sp³-hybridized carbons (Fsp3) is 0.333. The second-order valence-electron chi connectivity index (χ2n) is 8.83. The Hall–Kier alpha value is -3.54. The molecule has 10 nitrogen and oxygen atoms in total. The first-order valence-corrected chi connectivity index (χ1v) is 13.1. The van der Waals surface area contributed by atoms with Crippen molar-refractivity contribution in [1.29, 1.82) is 0 Å². The van der Waals surface area contributed by atoms with Gasteiger partial charge in [0.25, 0.3) is 0 Å². The molecule has 1 atom stereocenters. The van der Waals surface area contributed by atoms with Gasteiger partial charge in [0.15, 0.2) is 0 Å². The molecule has 1 amide bonds. The molecule has 3 aromatic rings. The predicted octanol–water partition coefficient (Wildman–Crippen LogP) is 3.82. The highest BCUT2D eigenvalue weighted by Gasteiger charge is 2.30. The summed E-state index contributed by atoms with van der Waals surface area (Å²) in [6.45, 7) is 4.79. The fourth-order valence-corrected chi connectivity index (χ4v) is 4.62. The van der Waals surface area contributed by atoms with Crippen molar-refractivity contribution < 1.29 is 19.1 Å². The Morgan fingerprint density at radius 1 is 1.21 bits per heavy atom. The van der Waals surface area contributed by atoms with Crippen LogP contribution in [0.3, 0.4) is 0 Å². The van der Waals surface area contributed by atoms with E-state index in [0.717, 1.165) is 28.6 Å². The van der Waals surface area contributed by atoms with Crippen molar-refractivity contribution in [3.63, 3.8) is 0 Å². The lowest BCUT2D eigenvalue weighted by molar-refractivity contribution is -0.151. The molecule has 200 valence electrons. The van der Waals surface area contributed by atoms with Gasteiger partial charge in [-0.3, -0.25) is 19.4 Å². The molecule has 1 unspecified atom stereocenters. The van der Waals surface area contributed by atoms with Crippen molar-refractivity contribution in [2.75, 3.05) is 57.6 Å². The highest BCUT2D eigenvalue weighted by molar-refractivity contribution is 9.10. The van der Waals surface area contributed by atoms with Gasteiger partial charge in [0, 0.05) is 53.9 Å². The molecule has 1 aliphatic heterocycles. The van der Waals surface area contributed by atoms with Crippen LogP contribution in [0.25, 0.3) is 10.9 Å². The van der Waals surface area contributed by atoms with E-state index in [1.165, 1.54) is 12.4 Å². The molecule has 2 aromatic carbocycles. The molecule has 1 aliphatic rings. The number of halogens is 1. The largest absolute Gasteiger partial charge is 0.494 e. The van der Waals surface area contributed by atoms with E-state index in [-0.39, 0.29) is 17.9 Å². The van der Waals surface area contributed by atoms with Crippen LogP contribution in [0.2, 0.25) is 0 Å². The summed E-state index contributed by atoms with van der Waals surface area (Å²) in [6.07, 6.45) is 4.76. The monoisotopic (exact) mass is 582 g/mol. The molecule has 1 saturated heterocycles. The Morgan fingerprint density at radius 2 is 2.05 bits per heavy atom. The molecule has 0 bridgehead atoms. The number of hydrogen-bond donors (Lipinski definition) is 2. The van der Waals surface area contributed by atoms with Crippen LogP contribution >= 0.6 is 15.9 Å². The van der Waals surface area contributed by atoms with Crippen LogP contribution in [-0.4, -0.2) is 84.6 Å². The van der Waals surface area contributed by atoms with Crippen LogP contribution in [0.1, 0.15) is 6.92 Å². The van der Waals surface area contributed by atoms with E-state index < -0.39 is 0 Å². The molecular weight excluding hydrogens is 552 g/mol. The summed E-state index contributed by atoms with van der Waals surface area (Å²) < 4.78 is 11.6. The summed E-state index contributed by atoms with van der Waals surface area (Å²) in [7, 11) is 3.46. The van der Waals surface area contributed by atoms with Crippen LogP contribution in [0.5, 0.6) is 5.75 Å². The number of aromatic nitrogens is 2. The number of likely N-dealkylation sites (N-methyl/N-ethyl adjacent to an activating group) is 1. The Morgan fingerprint density at radius 3 is 2.82 bits per heavy atom. The highest BCUT2D eigenvalue weighted by Crippen LogP contribution is 2.33. The standard InChI is InChI=1S/C27H31BrN6O4/c1-4-38-27(36)23-16-34(12-11-33(23)2)10-6-9-25(35)32-22-14-20-21(15-24(22)37-3)29-17-30-26(20)31-19-8-5-7-18(28)13-19/h5-9,13-15,17,23H,4,10-12,16H2,1-3H3,(H,32,35)(H,29,30,31)/b9-6+. The zero-order chi connectivity index (χ0) is 27.1. The van der Waals surface area contributed by atoms with Gasteiger partial charge in [-0.05, 0) is 38.2 Å². The van der Waals surface area contributed by atoms with Crippen LogP contribution in [0.4, 0.5) is 17.2 Å². The Bertz CT molecular complexity index is 1330. The number of rotatable bonds is 9. The smallest absolute Gasteiger partial charge is 0.324 e. The summed E-state index contributed by atoms with van der Waals surface area (Å²) in [6, 6.07) is 11.0. The minimum absolute atomic E-state index is 0.220. The average molecular weight is 583 g/mol. The first kappa shape index (κ1) is 27.5. The lowest BCUT2D eigenvalue weighted by Crippen LogP contribution is -2.55. The average Bonchev–Trinajstić information content (AvgIpc) is 2.89. The minimum atomic E-state index is -0.310. The molecular formula is C27H31BrN6O4. The first-order valence-electron chi connectivity index (χ1n) is 12.3. The number of hydrogen-bond acceptors (Lipinski definition) is 9. The number of amides is 1. The van der Waals surface area contributed by atoms with Gasteiger partial charge in [-0.2, -0.15) is 0 Å². The Labute approximate surface area is 230 Å². The van der Waals surface area contributed by atoms with Gasteiger partial charge in [-0.15, -0.1) is 0 Å². The van der Waals surface area contributed by atoms with Gasteiger partial charge in [-0.25, -0.2) is 9.97 Å². The lowest BCUT2D eigenvalue weighted by atomic mass is 10.1. The zero-order valence-corrected chi connectivity index (χ0v) is 23.2. The van der Waals surface area contributed by atoms with Crippen molar-refractivity contribution in [2.24, 2.45) is 0 Å². The van der Waals surface area contributed by atoms with Gasteiger partial charge < -0.3 is 20.1 Å². The molecule has 11 heteroatoms. The van der Waals surface area contributed by atoms with Crippen LogP contribution in [0.15, 0.2) is 59.4 Å². The van der Waals surface area contributed by atoms with Crippen molar-refractivity contribution >= 4 is 55.9 Å². The van der Waals surface area contributed by atoms with Gasteiger partial charge in [-0.1, -0.05) is 28.1 Å². The second-order valence-corrected chi connectivity index (χ2v) is 9.74. The van der Waals surface area contributed by atoms with E-state index >= 15 is 0 Å².